The van der Waals surface area contributed by atoms with Crippen LogP contribution in [-0.4, -0.2) is 57.4 Å². The lowest BCUT2D eigenvalue weighted by Crippen LogP contribution is -2.48. The second kappa shape index (κ2) is 10.8. The number of carbonyl (C=O) groups excluding carboxylic acids is 1. The normalized spacial score (nSPS) is 14.7. The highest BCUT2D eigenvalue weighted by Crippen LogP contribution is 2.26. The molecule has 1 aliphatic heterocycles. The summed E-state index contributed by atoms with van der Waals surface area (Å²) in [5, 5.41) is 0. The third-order valence-corrected chi connectivity index (χ3v) is 7.34. The largest absolute Gasteiger partial charge is 0.495 e. The lowest BCUT2D eigenvalue weighted by Gasteiger charge is -2.34. The Bertz CT molecular complexity index is 1210. The summed E-state index contributed by atoms with van der Waals surface area (Å²) in [6, 6.07) is 24.1. The fourth-order valence-corrected chi connectivity index (χ4v) is 5.22. The first-order valence-corrected chi connectivity index (χ1v) is 12.7. The molecule has 1 aliphatic rings. The van der Waals surface area contributed by atoms with Gasteiger partial charge in [0.05, 0.1) is 7.11 Å². The van der Waals surface area contributed by atoms with Crippen molar-refractivity contribution in [1.29, 1.82) is 0 Å². The van der Waals surface area contributed by atoms with E-state index < -0.39 is 10.0 Å². The molecule has 8 heteroatoms. The zero-order chi connectivity index (χ0) is 24.0. The molecule has 7 nitrogen and oxygen atoms in total. The van der Waals surface area contributed by atoms with Crippen molar-refractivity contribution in [3.8, 4) is 5.75 Å². The number of benzene rings is 3. The predicted octanol–water partition coefficient (Wildman–Crippen LogP) is 3.13. The number of hydrogen-bond acceptors (Lipinski definition) is 5. The summed E-state index contributed by atoms with van der Waals surface area (Å²) in [5.74, 6) is 0.0197. The van der Waals surface area contributed by atoms with E-state index >= 15 is 0 Å². The van der Waals surface area contributed by atoms with Gasteiger partial charge in [-0.2, -0.15) is 0 Å². The van der Waals surface area contributed by atoms with E-state index in [1.807, 2.05) is 48.5 Å². The van der Waals surface area contributed by atoms with Gasteiger partial charge in [-0.15, -0.1) is 0 Å². The van der Waals surface area contributed by atoms with Crippen molar-refractivity contribution in [2.75, 3.05) is 33.3 Å². The van der Waals surface area contributed by atoms with Gasteiger partial charge < -0.3 is 9.64 Å². The number of methoxy groups -OCH3 is 1. The molecule has 0 saturated carbocycles. The number of amides is 1. The summed E-state index contributed by atoms with van der Waals surface area (Å²) >= 11 is 0. The van der Waals surface area contributed by atoms with Crippen molar-refractivity contribution in [2.24, 2.45) is 0 Å². The zero-order valence-corrected chi connectivity index (χ0v) is 20.0. The minimum absolute atomic E-state index is 0.0421. The van der Waals surface area contributed by atoms with Crippen molar-refractivity contribution < 1.29 is 17.9 Å². The van der Waals surface area contributed by atoms with Crippen molar-refractivity contribution in [3.05, 3.63) is 95.6 Å². The number of ether oxygens (including phenoxy) is 1. The van der Waals surface area contributed by atoms with E-state index in [-0.39, 0.29) is 23.1 Å². The minimum Gasteiger partial charge on any atom is -0.495 e. The summed E-state index contributed by atoms with van der Waals surface area (Å²) in [6.45, 7) is 3.70. The molecule has 1 heterocycles. The summed E-state index contributed by atoms with van der Waals surface area (Å²) in [4.78, 5) is 17.2. The maximum absolute atomic E-state index is 13.2. The molecule has 0 aliphatic carbocycles. The summed E-state index contributed by atoms with van der Waals surface area (Å²) < 4.78 is 33.9. The van der Waals surface area contributed by atoms with Gasteiger partial charge in [-0.3, -0.25) is 9.69 Å². The van der Waals surface area contributed by atoms with E-state index in [4.69, 9.17) is 4.74 Å². The Kier molecular flexibility index (Phi) is 7.62. The molecule has 4 rings (SSSR count). The van der Waals surface area contributed by atoms with Crippen LogP contribution in [0.5, 0.6) is 5.75 Å². The van der Waals surface area contributed by atoms with Gasteiger partial charge in [-0.1, -0.05) is 60.7 Å². The lowest BCUT2D eigenvalue weighted by atomic mass is 10.1. The number of nitrogens with zero attached hydrogens (tertiary/aromatic N) is 2. The summed E-state index contributed by atoms with van der Waals surface area (Å²) in [7, 11) is -2.47. The highest BCUT2D eigenvalue weighted by atomic mass is 32.2. The van der Waals surface area contributed by atoms with E-state index in [0.717, 1.165) is 25.2 Å². The standard InChI is InChI=1S/C26H29N3O4S/c1-33-24-13-12-23(18-25(24)34(31,32)27-19-21-8-4-2-5-9-21)26(30)29-16-14-28(15-17-29)20-22-10-6-3-7-11-22/h2-13,18,27H,14-17,19-20H2,1H3. The third-order valence-electron chi connectivity index (χ3n) is 5.92. The molecule has 3 aromatic rings. The maximum Gasteiger partial charge on any atom is 0.253 e. The van der Waals surface area contributed by atoms with Crippen LogP contribution in [0.3, 0.4) is 0 Å². The molecular formula is C26H29N3O4S. The number of piperazine rings is 1. The van der Waals surface area contributed by atoms with Gasteiger partial charge in [-0.05, 0) is 29.3 Å². The van der Waals surface area contributed by atoms with Crippen molar-refractivity contribution in [2.45, 2.75) is 18.0 Å². The number of sulfonamides is 1. The fourth-order valence-electron chi connectivity index (χ4n) is 4.00. The van der Waals surface area contributed by atoms with Crippen LogP contribution in [0.15, 0.2) is 83.8 Å². The van der Waals surface area contributed by atoms with Gasteiger partial charge in [-0.25, -0.2) is 13.1 Å². The Morgan fingerprint density at radius 1 is 0.882 bits per heavy atom. The smallest absolute Gasteiger partial charge is 0.253 e. The molecule has 1 saturated heterocycles. The van der Waals surface area contributed by atoms with Crippen LogP contribution in [-0.2, 0) is 23.1 Å². The van der Waals surface area contributed by atoms with Crippen LogP contribution in [0, 0.1) is 0 Å². The lowest BCUT2D eigenvalue weighted by molar-refractivity contribution is 0.0628. The van der Waals surface area contributed by atoms with Crippen LogP contribution in [0.25, 0.3) is 0 Å². The molecule has 3 aromatic carbocycles. The Morgan fingerprint density at radius 2 is 1.50 bits per heavy atom. The number of hydrogen-bond donors (Lipinski definition) is 1. The average molecular weight is 480 g/mol. The molecule has 178 valence electrons. The molecule has 0 aromatic heterocycles. The van der Waals surface area contributed by atoms with Gasteiger partial charge >= 0.3 is 0 Å². The first-order valence-electron chi connectivity index (χ1n) is 11.2. The molecule has 1 N–H and O–H groups in total. The minimum atomic E-state index is -3.89. The van der Waals surface area contributed by atoms with Crippen LogP contribution >= 0.6 is 0 Å². The van der Waals surface area contributed by atoms with E-state index in [1.165, 1.54) is 24.8 Å². The molecule has 1 fully saturated rings. The van der Waals surface area contributed by atoms with Crippen LogP contribution < -0.4 is 9.46 Å². The predicted molar refractivity (Wildman–Crippen MR) is 131 cm³/mol. The molecule has 0 radical (unpaired) electrons. The van der Waals surface area contributed by atoms with E-state index in [2.05, 4.69) is 21.8 Å². The fraction of sp³-hybridized carbons (Fsp3) is 0.269. The Labute approximate surface area is 201 Å². The summed E-state index contributed by atoms with van der Waals surface area (Å²) in [5.41, 5.74) is 2.42. The van der Waals surface area contributed by atoms with E-state index in [1.54, 1.807) is 11.0 Å². The Morgan fingerprint density at radius 3 is 2.12 bits per heavy atom. The van der Waals surface area contributed by atoms with E-state index in [9.17, 15) is 13.2 Å². The van der Waals surface area contributed by atoms with Gasteiger partial charge in [0.25, 0.3) is 5.91 Å². The number of rotatable bonds is 8. The van der Waals surface area contributed by atoms with E-state index in [0.29, 0.717) is 18.7 Å². The average Bonchev–Trinajstić information content (AvgIpc) is 2.88. The molecule has 34 heavy (non-hydrogen) atoms. The number of carbonyl (C=O) groups is 1. The zero-order valence-electron chi connectivity index (χ0n) is 19.2. The SMILES string of the molecule is COc1ccc(C(=O)N2CCN(Cc3ccccc3)CC2)cc1S(=O)(=O)NCc1ccccc1. The first-order chi connectivity index (χ1) is 16.5. The van der Waals surface area contributed by atoms with Gasteiger partial charge in [0.1, 0.15) is 10.6 Å². The second-order valence-corrected chi connectivity index (χ2v) is 9.97. The van der Waals surface area contributed by atoms with Crippen LogP contribution in [0.4, 0.5) is 0 Å². The van der Waals surface area contributed by atoms with Crippen molar-refractivity contribution in [1.82, 2.24) is 14.5 Å². The van der Waals surface area contributed by atoms with Gasteiger partial charge in [0.15, 0.2) is 0 Å². The second-order valence-electron chi connectivity index (χ2n) is 8.23. The molecule has 0 spiro atoms. The maximum atomic E-state index is 13.2. The highest BCUT2D eigenvalue weighted by Gasteiger charge is 2.26. The van der Waals surface area contributed by atoms with Gasteiger partial charge in [0, 0.05) is 44.8 Å². The first kappa shape index (κ1) is 23.9. The van der Waals surface area contributed by atoms with Crippen molar-refractivity contribution in [3.63, 3.8) is 0 Å². The third kappa shape index (κ3) is 5.83. The topological polar surface area (TPSA) is 79.0 Å². The van der Waals surface area contributed by atoms with Crippen molar-refractivity contribution >= 4 is 15.9 Å². The van der Waals surface area contributed by atoms with Gasteiger partial charge in [0.2, 0.25) is 10.0 Å². The molecule has 1 amide bonds. The quantitative estimate of drug-likeness (QED) is 0.537. The molecular weight excluding hydrogens is 450 g/mol. The highest BCUT2D eigenvalue weighted by molar-refractivity contribution is 7.89. The Balaban J connectivity index is 1.44. The molecule has 0 unspecified atom stereocenters. The number of nitrogens with one attached hydrogen (secondary N) is 1. The molecule has 0 bridgehead atoms. The summed E-state index contributed by atoms with van der Waals surface area (Å²) in [6.07, 6.45) is 0. The molecule has 0 atom stereocenters. The Hall–Kier alpha value is -3.20. The van der Waals surface area contributed by atoms with Crippen LogP contribution in [0.2, 0.25) is 0 Å². The monoisotopic (exact) mass is 479 g/mol. The van der Waals surface area contributed by atoms with Crippen LogP contribution in [0.1, 0.15) is 21.5 Å².